The Morgan fingerprint density at radius 3 is 2.50 bits per heavy atom. The van der Waals surface area contributed by atoms with E-state index in [4.69, 9.17) is 9.84 Å². The van der Waals surface area contributed by atoms with E-state index in [1.54, 1.807) is 19.1 Å². The summed E-state index contributed by atoms with van der Waals surface area (Å²) in [6, 6.07) is 8.57. The zero-order valence-corrected chi connectivity index (χ0v) is 18.8. The van der Waals surface area contributed by atoms with Crippen molar-refractivity contribution in [2.24, 2.45) is 0 Å². The van der Waals surface area contributed by atoms with E-state index >= 15 is 0 Å². The Kier molecular flexibility index (Phi) is 7.41. The van der Waals surface area contributed by atoms with Crippen molar-refractivity contribution in [1.82, 2.24) is 4.31 Å². The molecule has 0 aromatic heterocycles. The fraction of sp³-hybridized carbons (Fsp3) is 0.381. The van der Waals surface area contributed by atoms with Gasteiger partial charge in [0.15, 0.2) is 6.61 Å². The molecule has 32 heavy (non-hydrogen) atoms. The van der Waals surface area contributed by atoms with E-state index in [-0.39, 0.29) is 10.9 Å². The number of rotatable bonds is 8. The molecule has 1 N–H and O–H groups in total. The number of aliphatic carboxylic acids is 1. The number of nitrogens with zero attached hydrogens (tertiary/aromatic N) is 1. The molecule has 2 aromatic carbocycles. The lowest BCUT2D eigenvalue weighted by atomic mass is 10.2. The number of hydrogen-bond acceptors (Lipinski definition) is 5. The normalized spacial score (nSPS) is 17.4. The summed E-state index contributed by atoms with van der Waals surface area (Å²) in [5, 5.41) is 8.72. The second-order valence-corrected chi connectivity index (χ2v) is 10.3. The number of benzene rings is 2. The van der Waals surface area contributed by atoms with Crippen molar-refractivity contribution in [1.29, 1.82) is 0 Å². The molecular formula is C21H22F3NO5S2. The van der Waals surface area contributed by atoms with E-state index in [0.29, 0.717) is 30.9 Å². The van der Waals surface area contributed by atoms with Crippen LogP contribution in [0.5, 0.6) is 5.75 Å². The van der Waals surface area contributed by atoms with Crippen molar-refractivity contribution in [2.75, 3.05) is 18.9 Å². The largest absolute Gasteiger partial charge is 0.482 e. The molecule has 2 aromatic rings. The molecule has 0 aliphatic carbocycles. The third-order valence-electron chi connectivity index (χ3n) is 5.05. The predicted molar refractivity (Wildman–Crippen MR) is 113 cm³/mol. The highest BCUT2D eigenvalue weighted by Crippen LogP contribution is 2.34. The molecule has 0 unspecified atom stereocenters. The summed E-state index contributed by atoms with van der Waals surface area (Å²) in [7, 11) is -3.91. The van der Waals surface area contributed by atoms with E-state index in [1.807, 2.05) is 6.07 Å². The first-order valence-corrected chi connectivity index (χ1v) is 12.2. The first-order chi connectivity index (χ1) is 15.0. The van der Waals surface area contributed by atoms with Crippen LogP contribution in [0, 0.1) is 6.92 Å². The van der Waals surface area contributed by atoms with Crippen LogP contribution in [0.25, 0.3) is 0 Å². The standard InChI is InChI=1S/C21H22F3NO5S2/c1-14-11-17(6-9-19(14)30-12-20(26)27)31-13-16-3-2-10-25(16)32(28,29)18-7-4-15(5-8-18)21(22,23)24/h4-9,11,16H,2-3,10,12-13H2,1H3,(H,26,27)/t16-/m1/s1. The molecule has 0 radical (unpaired) electrons. The average Bonchev–Trinajstić information content (AvgIpc) is 3.20. The van der Waals surface area contributed by atoms with Gasteiger partial charge >= 0.3 is 12.1 Å². The number of hydrogen-bond donors (Lipinski definition) is 1. The van der Waals surface area contributed by atoms with Gasteiger partial charge < -0.3 is 9.84 Å². The number of aryl methyl sites for hydroxylation is 1. The van der Waals surface area contributed by atoms with Gasteiger partial charge in [-0.05, 0) is 67.8 Å². The Morgan fingerprint density at radius 2 is 1.91 bits per heavy atom. The number of halogens is 3. The molecule has 0 bridgehead atoms. The second-order valence-electron chi connectivity index (χ2n) is 7.35. The Balaban J connectivity index is 1.68. The maximum absolute atomic E-state index is 13.0. The van der Waals surface area contributed by atoms with Crippen LogP contribution in [0.2, 0.25) is 0 Å². The van der Waals surface area contributed by atoms with Gasteiger partial charge in [0.25, 0.3) is 0 Å². The summed E-state index contributed by atoms with van der Waals surface area (Å²) in [5.74, 6) is -0.128. The zero-order valence-electron chi connectivity index (χ0n) is 17.1. The zero-order chi connectivity index (χ0) is 23.5. The van der Waals surface area contributed by atoms with Crippen LogP contribution in [0.1, 0.15) is 24.0 Å². The highest BCUT2D eigenvalue weighted by atomic mass is 32.2. The highest BCUT2D eigenvalue weighted by Gasteiger charge is 2.36. The number of alkyl halides is 3. The van der Waals surface area contributed by atoms with Gasteiger partial charge in [-0.25, -0.2) is 13.2 Å². The van der Waals surface area contributed by atoms with E-state index < -0.39 is 34.3 Å². The molecule has 1 aliphatic rings. The Morgan fingerprint density at radius 1 is 1.22 bits per heavy atom. The van der Waals surface area contributed by atoms with Crippen LogP contribution in [-0.4, -0.2) is 48.7 Å². The van der Waals surface area contributed by atoms with Crippen LogP contribution < -0.4 is 4.74 Å². The minimum Gasteiger partial charge on any atom is -0.482 e. The fourth-order valence-electron chi connectivity index (χ4n) is 3.45. The third-order valence-corrected chi connectivity index (χ3v) is 8.16. The predicted octanol–water partition coefficient (Wildman–Crippen LogP) is 4.42. The molecule has 1 aliphatic heterocycles. The first kappa shape index (κ1) is 24.4. The molecule has 1 fully saturated rings. The molecule has 1 atom stereocenters. The summed E-state index contributed by atoms with van der Waals surface area (Å²) < 4.78 is 70.9. The first-order valence-electron chi connectivity index (χ1n) is 9.75. The van der Waals surface area contributed by atoms with E-state index in [2.05, 4.69) is 0 Å². The molecular weight excluding hydrogens is 467 g/mol. The van der Waals surface area contributed by atoms with Gasteiger partial charge in [-0.1, -0.05) is 0 Å². The summed E-state index contributed by atoms with van der Waals surface area (Å²) in [6.45, 7) is 1.67. The Hall–Kier alpha value is -2.24. The van der Waals surface area contributed by atoms with Crippen LogP contribution in [0.3, 0.4) is 0 Å². The van der Waals surface area contributed by atoms with E-state index in [0.717, 1.165) is 34.7 Å². The Labute approximate surface area is 188 Å². The van der Waals surface area contributed by atoms with Crippen LogP contribution >= 0.6 is 11.8 Å². The van der Waals surface area contributed by atoms with E-state index in [1.165, 1.54) is 16.1 Å². The topological polar surface area (TPSA) is 83.9 Å². The van der Waals surface area contributed by atoms with Crippen molar-refractivity contribution in [3.63, 3.8) is 0 Å². The molecule has 174 valence electrons. The van der Waals surface area contributed by atoms with Gasteiger partial charge in [0.2, 0.25) is 10.0 Å². The lowest BCUT2D eigenvalue weighted by molar-refractivity contribution is -0.139. The quantitative estimate of drug-likeness (QED) is 0.553. The molecule has 3 rings (SSSR count). The van der Waals surface area contributed by atoms with Crippen molar-refractivity contribution in [3.8, 4) is 5.75 Å². The van der Waals surface area contributed by atoms with Gasteiger partial charge in [0.05, 0.1) is 10.5 Å². The van der Waals surface area contributed by atoms with Crippen molar-refractivity contribution in [3.05, 3.63) is 53.6 Å². The fourth-order valence-corrected chi connectivity index (χ4v) is 6.39. The minimum absolute atomic E-state index is 0.154. The van der Waals surface area contributed by atoms with Gasteiger partial charge in [-0.3, -0.25) is 0 Å². The molecule has 6 nitrogen and oxygen atoms in total. The van der Waals surface area contributed by atoms with Crippen molar-refractivity contribution >= 4 is 27.8 Å². The molecule has 0 saturated carbocycles. The summed E-state index contributed by atoms with van der Waals surface area (Å²) >= 11 is 1.46. The molecule has 0 amide bonds. The number of ether oxygens (including phenoxy) is 1. The van der Waals surface area contributed by atoms with Gasteiger partial charge in [-0.15, -0.1) is 11.8 Å². The summed E-state index contributed by atoms with van der Waals surface area (Å²) in [6.07, 6.45) is -3.20. The van der Waals surface area contributed by atoms with E-state index in [9.17, 15) is 26.4 Å². The summed E-state index contributed by atoms with van der Waals surface area (Å²) in [5.41, 5.74) is -0.131. The number of thioether (sulfide) groups is 1. The minimum atomic E-state index is -4.53. The summed E-state index contributed by atoms with van der Waals surface area (Å²) in [4.78, 5) is 11.4. The maximum atomic E-state index is 13.0. The molecule has 1 saturated heterocycles. The number of sulfonamides is 1. The molecule has 0 spiro atoms. The highest BCUT2D eigenvalue weighted by molar-refractivity contribution is 7.99. The van der Waals surface area contributed by atoms with Gasteiger partial charge in [-0.2, -0.15) is 17.5 Å². The van der Waals surface area contributed by atoms with Crippen molar-refractivity contribution in [2.45, 2.75) is 41.8 Å². The molecule has 1 heterocycles. The SMILES string of the molecule is Cc1cc(SC[C@H]2CCCN2S(=O)(=O)c2ccc(C(F)(F)F)cc2)ccc1OCC(=O)O. The number of carboxylic acids is 1. The average molecular weight is 490 g/mol. The maximum Gasteiger partial charge on any atom is 0.416 e. The van der Waals surface area contributed by atoms with Crippen LogP contribution in [0.15, 0.2) is 52.3 Å². The number of carbonyl (C=O) groups is 1. The van der Waals surface area contributed by atoms with Gasteiger partial charge in [0.1, 0.15) is 5.75 Å². The monoisotopic (exact) mass is 489 g/mol. The smallest absolute Gasteiger partial charge is 0.416 e. The number of carboxylic acid groups (broad SMARTS) is 1. The third kappa shape index (κ3) is 5.76. The van der Waals surface area contributed by atoms with Crippen LogP contribution in [-0.2, 0) is 21.0 Å². The molecule has 11 heteroatoms. The lowest BCUT2D eigenvalue weighted by Crippen LogP contribution is -2.37. The second kappa shape index (κ2) is 9.72. The van der Waals surface area contributed by atoms with Gasteiger partial charge in [0, 0.05) is 23.2 Å². The lowest BCUT2D eigenvalue weighted by Gasteiger charge is -2.24. The Bertz CT molecular complexity index is 1070. The van der Waals surface area contributed by atoms with Crippen molar-refractivity contribution < 1.29 is 36.2 Å². The van der Waals surface area contributed by atoms with Crippen LogP contribution in [0.4, 0.5) is 13.2 Å².